The molecule has 18 heterocycles. The van der Waals surface area contributed by atoms with E-state index in [1.54, 1.807) is 46.7 Å². The highest BCUT2D eigenvalue weighted by Gasteiger charge is 2.58. The van der Waals surface area contributed by atoms with Gasteiger partial charge in [-0.1, -0.05) is 12.2 Å². The number of aromatic nitrogens is 23. The number of H-pyrrole nitrogens is 3. The molecule has 0 spiro atoms. The molecule has 21 rings (SSSR count). The van der Waals surface area contributed by atoms with E-state index in [9.17, 15) is 83.2 Å². The van der Waals surface area contributed by atoms with Crippen LogP contribution in [0.4, 0.5) is 17.5 Å². The zero-order valence-corrected chi connectivity index (χ0v) is 80.3. The van der Waals surface area contributed by atoms with Gasteiger partial charge in [0, 0.05) is 41.7 Å². The molecule has 0 radical (unpaired) electrons. The maximum Gasteiger partial charge on any atom is 0.472 e. The highest BCUT2D eigenvalue weighted by molar-refractivity contribution is 8.44. The van der Waals surface area contributed by atoms with Crippen LogP contribution in [0.25, 0.3) is 66.9 Å². The lowest BCUT2D eigenvalue weighted by Crippen LogP contribution is -2.33. The number of anilines is 3. The number of fused-ring (bicyclic) bond motifs is 15. The standard InChI is InChI=1S/C24H30N8O12P2.2C23H29N9O10P2S2/c1-10-29-22-16(23(35)30-10)28-9-32(22)24-19-13(5-33)15(42-24)7-41-46(38,39)43-18-11(6-40-45(36,37)44-19)4-14(17(18)34)31-3-2-12-20(25)26-8-27-21(12)31;2*1-9-29-21-15(22(35)30-9)28-8-32(21)23-18-11(3-33)13(40-23)5-39-44(37,46)41-17-10(4-38-43(36,45)42-18)2-12(16(17)34)31-7-27-14-19(24)25-6-26-20(14)31/h2-3,8-9,11,13-15,17-19,24,33-34H,4-7H2,1H3,(H,36,37)(H,38,39)(H2,25,26,27)(H,29,30,35);2*6-8,10-13,16-18,23,33-34H,2-5H2,1H3,(H,36,45)(H,37,46)(H2,24,25,26)(H,29,30,35)/t11-,13-,14-,15-,17+,18-,19-,24-;2*10-,11-,12-,13-,16+,17-,18-,23-,43?,44?/m111/s1. The van der Waals surface area contributed by atoms with Gasteiger partial charge in [0.2, 0.25) is 0 Å². The summed E-state index contributed by atoms with van der Waals surface area (Å²) in [6.07, 6.45) is -5.51. The molecule has 6 unspecified atom stereocenters. The van der Waals surface area contributed by atoms with Gasteiger partial charge in [-0.15, -0.1) is 0 Å². The number of nitrogen functional groups attached to an aromatic ring is 3. The largest absolute Gasteiger partial charge is 0.472 e. The Labute approximate surface area is 793 Å². The van der Waals surface area contributed by atoms with E-state index in [4.69, 9.17) is 121 Å². The van der Waals surface area contributed by atoms with Crippen LogP contribution in [-0.2, 0) is 118 Å². The number of phosphoric ester groups is 2. The average Bonchev–Trinajstić information content (AvgIpc) is 1.60. The molecule has 0 amide bonds. The number of nitrogens with zero attached hydrogens (tertiary/aromatic N) is 20. The van der Waals surface area contributed by atoms with Crippen molar-refractivity contribution in [2.24, 2.45) is 35.5 Å². The number of imidazole rings is 5. The second-order valence-corrected chi connectivity index (χ2v) is 47.8. The lowest BCUT2D eigenvalue weighted by Gasteiger charge is -2.29. The smallest absolute Gasteiger partial charge is 0.396 e. The Morgan fingerprint density at radius 3 is 1.14 bits per heavy atom. The molecule has 9 aliphatic rings. The van der Waals surface area contributed by atoms with Gasteiger partial charge in [-0.25, -0.2) is 83.5 Å². The third kappa shape index (κ3) is 19.2. The molecule has 138 heavy (non-hydrogen) atoms. The van der Waals surface area contributed by atoms with Crippen molar-refractivity contribution < 1.29 is 137 Å². The number of hydrogen-bond acceptors (Lipinski definition) is 47. The summed E-state index contributed by atoms with van der Waals surface area (Å²) >= 11 is 20.3. The molecule has 0 aromatic carbocycles. The summed E-state index contributed by atoms with van der Waals surface area (Å²) in [5.74, 6) is -3.77. The Bertz CT molecular complexity index is 6530. The van der Waals surface area contributed by atoms with Gasteiger partial charge in [-0.2, -0.15) is 0 Å². The quantitative estimate of drug-likeness (QED) is 0.0656. The van der Waals surface area contributed by atoms with Gasteiger partial charge in [-0.05, 0) is 81.5 Å². The number of thiol groups is 1. The van der Waals surface area contributed by atoms with Crippen LogP contribution >= 0.6 is 54.8 Å². The van der Waals surface area contributed by atoms with E-state index in [-0.39, 0.29) is 102 Å². The lowest BCUT2D eigenvalue weighted by atomic mass is 9.99. The van der Waals surface area contributed by atoms with E-state index in [0.29, 0.717) is 45.0 Å². The maximum absolute atomic E-state index is 13.8. The van der Waals surface area contributed by atoms with Crippen LogP contribution in [0.5, 0.6) is 0 Å². The van der Waals surface area contributed by atoms with Crippen LogP contribution in [0.15, 0.2) is 77.3 Å². The van der Waals surface area contributed by atoms with Crippen molar-refractivity contribution in [1.29, 1.82) is 0 Å². The molecule has 3 aliphatic carbocycles. The molecule has 12 aromatic heterocycles. The lowest BCUT2D eigenvalue weighted by molar-refractivity contribution is -0.0603. The Morgan fingerprint density at radius 1 is 0.399 bits per heavy atom. The average molecular weight is 2120 g/mol. The minimum Gasteiger partial charge on any atom is -0.396 e. The van der Waals surface area contributed by atoms with Crippen LogP contribution in [0.1, 0.15) is 73.5 Å². The number of rotatable bonds is 9. The monoisotopic (exact) mass is 2120 g/mol. The number of nitrogens with two attached hydrogens (primary N) is 3. The van der Waals surface area contributed by atoms with E-state index in [1.165, 1.54) is 64.3 Å². The fourth-order valence-electron chi connectivity index (χ4n) is 18.9. The summed E-state index contributed by atoms with van der Waals surface area (Å²) in [6, 6.07) is -0.514. The van der Waals surface area contributed by atoms with Crippen molar-refractivity contribution >= 4 is 175 Å². The van der Waals surface area contributed by atoms with Gasteiger partial charge < -0.3 is 147 Å². The number of aryl methyl sites for hydroxylation is 3. The van der Waals surface area contributed by atoms with E-state index in [1.807, 2.05) is 0 Å². The van der Waals surface area contributed by atoms with Gasteiger partial charge >= 0.3 is 42.6 Å². The second kappa shape index (κ2) is 38.3. The number of aromatic amines is 3. The number of hydrogen-bond donors (Lipinski definition) is 18. The molecule has 20 N–H and O–H groups in total. The molecule has 3 saturated carbocycles. The number of aliphatic hydroxyl groups is 6. The summed E-state index contributed by atoms with van der Waals surface area (Å²) in [6.45, 7) is -16.0. The first-order chi connectivity index (χ1) is 65.6. The zero-order valence-electron chi connectivity index (χ0n) is 71.6. The van der Waals surface area contributed by atoms with Crippen LogP contribution < -0.4 is 33.9 Å². The Morgan fingerprint density at radius 2 is 0.717 bits per heavy atom. The molecule has 744 valence electrons. The topological polar surface area (TPSA) is 799 Å². The molecular weight excluding hydrogens is 2030 g/mol. The molecule has 58 nitrogen and oxygen atoms in total. The fourth-order valence-corrected chi connectivity index (χ4v) is 26.9. The molecule has 68 heteroatoms. The molecule has 12 aromatic rings. The predicted molar refractivity (Wildman–Crippen MR) is 484 cm³/mol. The SMILES string of the molecule is Cc1nc2c(ncn2[C@@H]2O[C@@H]3COP(=O)(O)O[C@@H]4[C@@H](COP(=O)(O)O[C@@H]2[C@@H]3CO)C[C@@H](n2ccc3c(N)ncnc32)[C@@H]4O)c(=O)[nH]1.Cc1nc2c(ncn2[C@@H]2O[C@@H]3COP(O)(=S)O[C@@H]4[C@@H](COP(=O)(S)O[C@@H]2[C@@H]3CO)C[C@@H](n2cnc3c(N)ncnc32)[C@@H]4O)c(=O)[nH]1.Cc1nc2c(ncn2[C@@H]2O[C@@H]3COP(O)(=S)O[C@@H]4[C@@H](COP(O)(=S)O[C@@H]2[C@@H]3CO)C[C@@H](n2cnc3c(N)ncnc32)[C@@H]4O)c(=O)[nH]1. The third-order valence-electron chi connectivity index (χ3n) is 25.3. The number of nitrogens with one attached hydrogen (secondary N) is 3. The van der Waals surface area contributed by atoms with Crippen LogP contribution in [-0.4, -0.2) is 300 Å². The van der Waals surface area contributed by atoms with Gasteiger partial charge in [0.25, 0.3) is 16.7 Å². The summed E-state index contributed by atoms with van der Waals surface area (Å²) in [5, 5.41) is 65.8. The Hall–Kier alpha value is -7.88. The maximum atomic E-state index is 13.8. The molecule has 6 bridgehead atoms. The summed E-state index contributed by atoms with van der Waals surface area (Å²) in [5.41, 5.74) is 18.5. The van der Waals surface area contributed by atoms with Crippen molar-refractivity contribution in [2.45, 2.75) is 150 Å². The Balaban J connectivity index is 0.000000132. The van der Waals surface area contributed by atoms with E-state index in [0.717, 1.165) is 0 Å². The van der Waals surface area contributed by atoms with Crippen molar-refractivity contribution in [3.05, 3.63) is 111 Å². The predicted octanol–water partition coefficient (Wildman–Crippen LogP) is -0.221. The number of aliphatic hydroxyl groups excluding tert-OH is 6. The van der Waals surface area contributed by atoms with Gasteiger partial charge in [0.05, 0.1) is 133 Å². The highest BCUT2D eigenvalue weighted by Crippen LogP contribution is 2.63. The first-order valence-electron chi connectivity index (χ1n) is 42.1. The first kappa shape index (κ1) is 98.9. The van der Waals surface area contributed by atoms with Crippen LogP contribution in [0, 0.1) is 56.3 Å². The molecule has 6 saturated heterocycles. The normalized spacial score (nSPS) is 37.2. The molecular formula is C70H88N26O32P6S4. The summed E-state index contributed by atoms with van der Waals surface area (Å²) in [4.78, 5) is 159. The van der Waals surface area contributed by atoms with Gasteiger partial charge in [0.1, 0.15) is 114 Å². The minimum absolute atomic E-state index is 0.0207. The van der Waals surface area contributed by atoms with Gasteiger partial charge in [-0.3, -0.25) is 50.7 Å². The molecule has 30 atom stereocenters. The van der Waals surface area contributed by atoms with Crippen molar-refractivity contribution in [3.8, 4) is 0 Å². The van der Waals surface area contributed by atoms with E-state index in [2.05, 4.69) is 97.0 Å². The first-order valence-corrected chi connectivity index (χ1v) is 55.5. The summed E-state index contributed by atoms with van der Waals surface area (Å²) in [7, 11) is -9.89. The number of ether oxygens (including phenoxy) is 3. The third-order valence-corrected chi connectivity index (χ3v) is 33.6. The van der Waals surface area contributed by atoms with Crippen molar-refractivity contribution in [2.75, 3.05) is 76.7 Å². The second-order valence-electron chi connectivity index (χ2n) is 33.7. The molecule has 9 fully saturated rings. The fraction of sp³-hybridized carbons (Fsp3) is 0.557. The zero-order chi connectivity index (χ0) is 97.6. The highest BCUT2D eigenvalue weighted by atomic mass is 32.7. The van der Waals surface area contributed by atoms with Crippen LogP contribution in [0.3, 0.4) is 0 Å². The summed E-state index contributed by atoms with van der Waals surface area (Å²) < 4.78 is 136. The van der Waals surface area contributed by atoms with E-state index < -0.39 is 238 Å². The van der Waals surface area contributed by atoms with Crippen molar-refractivity contribution in [1.82, 2.24) is 112 Å². The van der Waals surface area contributed by atoms with E-state index >= 15 is 0 Å². The number of phosphoric acid groups is 2. The van der Waals surface area contributed by atoms with Crippen molar-refractivity contribution in [3.63, 3.8) is 0 Å². The minimum atomic E-state index is -4.96. The Kier molecular flexibility index (Phi) is 27.5. The van der Waals surface area contributed by atoms with Crippen LogP contribution in [0.2, 0.25) is 0 Å². The van der Waals surface area contributed by atoms with Gasteiger partial charge in [0.15, 0.2) is 75.1 Å². The molecule has 6 aliphatic heterocycles.